The van der Waals surface area contributed by atoms with E-state index in [1.807, 2.05) is 13.1 Å². The Morgan fingerprint density at radius 2 is 2.15 bits per heavy atom. The normalized spacial score (nSPS) is 27.5. The van der Waals surface area contributed by atoms with E-state index in [-0.39, 0.29) is 30.5 Å². The van der Waals surface area contributed by atoms with Crippen LogP contribution in [-0.2, 0) is 9.53 Å². The lowest BCUT2D eigenvalue weighted by Crippen LogP contribution is -2.44. The molecule has 0 aromatic heterocycles. The number of nitrogens with zero attached hydrogens (tertiary/aromatic N) is 2. The third kappa shape index (κ3) is 3.13. The number of ether oxygens (including phenoxy) is 1. The zero-order chi connectivity index (χ0) is 19.3. The van der Waals surface area contributed by atoms with E-state index in [0.29, 0.717) is 16.6 Å². The molecule has 0 spiro atoms. The molecule has 4 rings (SSSR count). The zero-order valence-electron chi connectivity index (χ0n) is 15.5. The summed E-state index contributed by atoms with van der Waals surface area (Å²) in [6.45, 7) is 5.91. The lowest BCUT2D eigenvalue weighted by atomic mass is 9.82. The van der Waals surface area contributed by atoms with Crippen molar-refractivity contribution in [1.29, 1.82) is 0 Å². The summed E-state index contributed by atoms with van der Waals surface area (Å²) in [7, 11) is 3.56. The molecule has 3 aliphatic heterocycles. The van der Waals surface area contributed by atoms with E-state index in [1.54, 1.807) is 4.90 Å². The number of likely N-dealkylation sites (tertiary alicyclic amines) is 1. The fourth-order valence-corrected chi connectivity index (χ4v) is 4.96. The van der Waals surface area contributed by atoms with Crippen LogP contribution in [0.2, 0.25) is 10.0 Å². The quantitative estimate of drug-likeness (QED) is 0.801. The molecule has 0 saturated carbocycles. The number of hydrogen-bond donors (Lipinski definition) is 2. The van der Waals surface area contributed by atoms with Gasteiger partial charge in [0.25, 0.3) is 5.91 Å². The number of amides is 1. The Morgan fingerprint density at radius 1 is 1.37 bits per heavy atom. The monoisotopic (exact) mass is 410 g/mol. The van der Waals surface area contributed by atoms with E-state index < -0.39 is 0 Å². The van der Waals surface area contributed by atoms with Gasteiger partial charge in [0.1, 0.15) is 6.61 Å². The van der Waals surface area contributed by atoms with Crippen LogP contribution >= 0.6 is 23.2 Å². The fraction of sp³-hybridized carbons (Fsp3) is 0.526. The maximum Gasteiger partial charge on any atom is 0.252 e. The second-order valence-corrected chi connectivity index (χ2v) is 8.21. The van der Waals surface area contributed by atoms with Crippen LogP contribution in [0.1, 0.15) is 35.9 Å². The highest BCUT2D eigenvalue weighted by Gasteiger charge is 2.44. The minimum Gasteiger partial charge on any atom is -0.380 e. The number of nitrogens with one attached hydrogen (secondary N) is 2. The first-order valence-corrected chi connectivity index (χ1v) is 9.91. The van der Waals surface area contributed by atoms with Gasteiger partial charge in [-0.05, 0) is 30.0 Å². The number of hydrazine groups is 1. The maximum absolute atomic E-state index is 12.5. The first-order valence-electron chi connectivity index (χ1n) is 9.16. The molecule has 6 nitrogen and oxygen atoms in total. The van der Waals surface area contributed by atoms with Crippen LogP contribution in [-0.4, -0.2) is 55.7 Å². The first kappa shape index (κ1) is 19.0. The smallest absolute Gasteiger partial charge is 0.252 e. The van der Waals surface area contributed by atoms with Crippen molar-refractivity contribution in [2.24, 2.45) is 0 Å². The zero-order valence-corrected chi connectivity index (χ0v) is 17.0. The molecule has 3 heterocycles. The van der Waals surface area contributed by atoms with Crippen LogP contribution in [0, 0.1) is 0 Å². The van der Waals surface area contributed by atoms with Crippen molar-refractivity contribution in [3.63, 3.8) is 0 Å². The van der Waals surface area contributed by atoms with E-state index in [0.717, 1.165) is 41.9 Å². The highest BCUT2D eigenvalue weighted by molar-refractivity contribution is 6.44. The highest BCUT2D eigenvalue weighted by atomic mass is 35.5. The number of anilines is 1. The van der Waals surface area contributed by atoms with Gasteiger partial charge in [-0.1, -0.05) is 29.8 Å². The molecule has 146 valence electrons. The van der Waals surface area contributed by atoms with Gasteiger partial charge >= 0.3 is 0 Å². The summed E-state index contributed by atoms with van der Waals surface area (Å²) in [5.41, 5.74) is 7.41. The van der Waals surface area contributed by atoms with E-state index in [4.69, 9.17) is 27.9 Å². The molecular formula is C19H24Cl2N4O2. The Hall–Kier alpha value is -1.31. The van der Waals surface area contributed by atoms with Gasteiger partial charge in [-0.15, -0.1) is 0 Å². The number of piperidine rings is 1. The molecule has 8 heteroatoms. The Kier molecular flexibility index (Phi) is 5.12. The van der Waals surface area contributed by atoms with Crippen LogP contribution < -0.4 is 10.7 Å². The third-order valence-electron chi connectivity index (χ3n) is 5.78. The molecule has 2 saturated heterocycles. The Bertz CT molecular complexity index is 800. The Labute approximate surface area is 169 Å². The molecule has 3 atom stereocenters. The van der Waals surface area contributed by atoms with Crippen molar-refractivity contribution in [1.82, 2.24) is 15.3 Å². The van der Waals surface area contributed by atoms with Crippen molar-refractivity contribution in [2.75, 3.05) is 39.2 Å². The molecule has 0 radical (unpaired) electrons. The number of fused-ring (bicyclic) bond motifs is 3. The minimum absolute atomic E-state index is 0.00738. The predicted octanol–water partition coefficient (Wildman–Crippen LogP) is 3.14. The van der Waals surface area contributed by atoms with Gasteiger partial charge in [0.15, 0.2) is 0 Å². The van der Waals surface area contributed by atoms with Crippen molar-refractivity contribution in [3.8, 4) is 0 Å². The standard InChI is InChI=1S/C19H24Cl2N4O2/c1-10-16-14(5-7-25(10)15(26)9-27-3)22-19-17(16)11(8-12(20)18(19)21)13-4-6-24(2)23-13/h8,13-14,16,22-23H,1,4-7,9H2,2-3H3. The van der Waals surface area contributed by atoms with Crippen molar-refractivity contribution < 1.29 is 9.53 Å². The third-order valence-corrected chi connectivity index (χ3v) is 6.57. The minimum atomic E-state index is -0.0604. The number of methoxy groups -OCH3 is 1. The molecule has 3 unspecified atom stereocenters. The number of carbonyl (C=O) groups excluding carboxylic acids is 1. The summed E-state index contributed by atoms with van der Waals surface area (Å²) < 4.78 is 5.04. The average molecular weight is 411 g/mol. The number of carbonyl (C=O) groups is 1. The highest BCUT2D eigenvalue weighted by Crippen LogP contribution is 2.52. The molecule has 27 heavy (non-hydrogen) atoms. The molecule has 1 aromatic carbocycles. The second-order valence-electron chi connectivity index (χ2n) is 7.43. The molecule has 0 bridgehead atoms. The number of hydrogen-bond acceptors (Lipinski definition) is 5. The van der Waals surface area contributed by atoms with Crippen LogP contribution in [0.25, 0.3) is 0 Å². The number of benzene rings is 1. The number of rotatable bonds is 3. The fourth-order valence-electron chi connectivity index (χ4n) is 4.54. The van der Waals surface area contributed by atoms with Gasteiger partial charge < -0.3 is 15.0 Å². The summed E-state index contributed by atoms with van der Waals surface area (Å²) in [6, 6.07) is 2.29. The van der Waals surface area contributed by atoms with E-state index in [9.17, 15) is 4.79 Å². The Morgan fingerprint density at radius 3 is 2.81 bits per heavy atom. The average Bonchev–Trinajstić information content (AvgIpc) is 3.23. The molecule has 2 N–H and O–H groups in total. The molecule has 2 fully saturated rings. The van der Waals surface area contributed by atoms with Crippen LogP contribution in [0.4, 0.5) is 5.69 Å². The van der Waals surface area contributed by atoms with Gasteiger partial charge in [-0.25, -0.2) is 10.4 Å². The SMILES string of the molecule is C=C1C2c3c(C4CCN(C)N4)cc(Cl)c(Cl)c3NC2CCN1C(=O)COC. The first-order chi connectivity index (χ1) is 12.9. The maximum atomic E-state index is 12.5. The van der Waals surface area contributed by atoms with Gasteiger partial charge in [0, 0.05) is 50.9 Å². The van der Waals surface area contributed by atoms with Crippen molar-refractivity contribution in [2.45, 2.75) is 30.8 Å². The number of halogens is 2. The largest absolute Gasteiger partial charge is 0.380 e. The summed E-state index contributed by atoms with van der Waals surface area (Å²) in [5.74, 6) is -0.0678. The van der Waals surface area contributed by atoms with Crippen molar-refractivity contribution >= 4 is 34.8 Å². The lowest BCUT2D eigenvalue weighted by Gasteiger charge is -2.37. The van der Waals surface area contributed by atoms with Crippen LogP contribution in [0.5, 0.6) is 0 Å². The molecule has 1 amide bonds. The molecule has 0 aliphatic carbocycles. The van der Waals surface area contributed by atoms with E-state index in [2.05, 4.69) is 22.3 Å². The van der Waals surface area contributed by atoms with E-state index >= 15 is 0 Å². The molecule has 1 aromatic rings. The second kappa shape index (κ2) is 7.26. The van der Waals surface area contributed by atoms with Crippen LogP contribution in [0.15, 0.2) is 18.3 Å². The summed E-state index contributed by atoms with van der Waals surface area (Å²) >= 11 is 13.0. The summed E-state index contributed by atoms with van der Waals surface area (Å²) in [6.07, 6.45) is 1.80. The van der Waals surface area contributed by atoms with Gasteiger partial charge in [0.05, 0.1) is 15.7 Å². The lowest BCUT2D eigenvalue weighted by molar-refractivity contribution is -0.134. The summed E-state index contributed by atoms with van der Waals surface area (Å²) in [5, 5.41) is 6.73. The van der Waals surface area contributed by atoms with Gasteiger partial charge in [0.2, 0.25) is 0 Å². The van der Waals surface area contributed by atoms with E-state index in [1.165, 1.54) is 7.11 Å². The van der Waals surface area contributed by atoms with Crippen molar-refractivity contribution in [3.05, 3.63) is 39.5 Å². The summed E-state index contributed by atoms with van der Waals surface area (Å²) in [4.78, 5) is 14.2. The van der Waals surface area contributed by atoms with Crippen LogP contribution in [0.3, 0.4) is 0 Å². The molecular weight excluding hydrogens is 387 g/mol. The topological polar surface area (TPSA) is 56.8 Å². The molecule has 3 aliphatic rings. The Balaban J connectivity index is 1.76. The predicted molar refractivity (Wildman–Crippen MR) is 107 cm³/mol. The van der Waals surface area contributed by atoms with Gasteiger partial charge in [-0.3, -0.25) is 4.79 Å². The van der Waals surface area contributed by atoms with Gasteiger partial charge in [-0.2, -0.15) is 0 Å².